The molecule has 0 bridgehead atoms. The van der Waals surface area contributed by atoms with Crippen LogP contribution in [0.2, 0.25) is 0 Å². The number of hydrogen-bond acceptors (Lipinski definition) is 2. The summed E-state index contributed by atoms with van der Waals surface area (Å²) in [4.78, 5) is 3.06. The maximum absolute atomic E-state index is 2.33. The van der Waals surface area contributed by atoms with Gasteiger partial charge in [0.1, 0.15) is 0 Å². The molecule has 0 fully saturated rings. The van der Waals surface area contributed by atoms with Crippen molar-refractivity contribution in [2.24, 2.45) is 5.92 Å². The standard InChI is InChI=1S/C15H16S2/c1-10(2)14-12-6-4-3-5-11(12)9-17-13-7-8-16-15(13)14/h3-8,10,14H,9H2,1-2H3. The second kappa shape index (κ2) is 4.51. The molecule has 17 heavy (non-hydrogen) atoms. The molecule has 1 aliphatic rings. The first kappa shape index (κ1) is 11.4. The van der Waals surface area contributed by atoms with Crippen molar-refractivity contribution < 1.29 is 0 Å². The Bertz CT molecular complexity index is 525. The van der Waals surface area contributed by atoms with E-state index < -0.39 is 0 Å². The van der Waals surface area contributed by atoms with Gasteiger partial charge in [-0.05, 0) is 28.5 Å². The average Bonchev–Trinajstić information content (AvgIpc) is 2.70. The third kappa shape index (κ3) is 1.94. The number of hydrogen-bond donors (Lipinski definition) is 0. The predicted molar refractivity (Wildman–Crippen MR) is 77.0 cm³/mol. The molecule has 1 atom stereocenters. The number of fused-ring (bicyclic) bond motifs is 2. The highest BCUT2D eigenvalue weighted by Gasteiger charge is 2.27. The van der Waals surface area contributed by atoms with Crippen molar-refractivity contribution in [1.29, 1.82) is 0 Å². The van der Waals surface area contributed by atoms with Crippen LogP contribution in [0.4, 0.5) is 0 Å². The van der Waals surface area contributed by atoms with Crippen LogP contribution < -0.4 is 0 Å². The molecular weight excluding hydrogens is 244 g/mol. The van der Waals surface area contributed by atoms with E-state index in [0.29, 0.717) is 11.8 Å². The molecule has 1 aromatic heterocycles. The Hall–Kier alpha value is -0.730. The van der Waals surface area contributed by atoms with Crippen LogP contribution in [-0.2, 0) is 5.75 Å². The van der Waals surface area contributed by atoms with E-state index in [9.17, 15) is 0 Å². The van der Waals surface area contributed by atoms with Gasteiger partial charge in [-0.15, -0.1) is 23.1 Å². The van der Waals surface area contributed by atoms with E-state index >= 15 is 0 Å². The molecule has 0 spiro atoms. The minimum Gasteiger partial charge on any atom is -0.147 e. The van der Waals surface area contributed by atoms with Crippen LogP contribution in [0.5, 0.6) is 0 Å². The van der Waals surface area contributed by atoms with Gasteiger partial charge in [0, 0.05) is 21.4 Å². The Morgan fingerprint density at radius 3 is 2.82 bits per heavy atom. The molecule has 1 unspecified atom stereocenters. The van der Waals surface area contributed by atoms with Gasteiger partial charge in [-0.3, -0.25) is 0 Å². The van der Waals surface area contributed by atoms with Gasteiger partial charge in [0.15, 0.2) is 0 Å². The number of benzene rings is 1. The van der Waals surface area contributed by atoms with E-state index in [-0.39, 0.29) is 0 Å². The summed E-state index contributed by atoms with van der Waals surface area (Å²) >= 11 is 3.91. The van der Waals surface area contributed by atoms with Crippen LogP contribution >= 0.6 is 23.1 Å². The lowest BCUT2D eigenvalue weighted by atomic mass is 9.85. The van der Waals surface area contributed by atoms with Crippen molar-refractivity contribution in [3.8, 4) is 0 Å². The molecule has 0 amide bonds. The summed E-state index contributed by atoms with van der Waals surface area (Å²) in [5.74, 6) is 2.35. The van der Waals surface area contributed by atoms with E-state index in [1.807, 2.05) is 23.1 Å². The summed E-state index contributed by atoms with van der Waals surface area (Å²) in [6.45, 7) is 4.67. The Kier molecular flexibility index (Phi) is 3.01. The van der Waals surface area contributed by atoms with Crippen molar-refractivity contribution >= 4 is 23.1 Å². The Morgan fingerprint density at radius 1 is 1.18 bits per heavy atom. The maximum Gasteiger partial charge on any atom is 0.0259 e. The first-order valence-corrected chi connectivity index (χ1v) is 7.92. The van der Waals surface area contributed by atoms with Crippen molar-refractivity contribution in [2.45, 2.75) is 30.4 Å². The second-order valence-electron chi connectivity index (χ2n) is 4.86. The molecule has 2 aromatic rings. The van der Waals surface area contributed by atoms with Crippen molar-refractivity contribution in [2.75, 3.05) is 0 Å². The third-order valence-corrected chi connectivity index (χ3v) is 5.63. The highest BCUT2D eigenvalue weighted by Crippen LogP contribution is 2.46. The fourth-order valence-electron chi connectivity index (χ4n) is 2.58. The average molecular weight is 260 g/mol. The van der Waals surface area contributed by atoms with Crippen LogP contribution in [0, 0.1) is 5.92 Å². The molecule has 0 N–H and O–H groups in total. The molecular formula is C15H16S2. The highest BCUT2D eigenvalue weighted by atomic mass is 32.2. The van der Waals surface area contributed by atoms with Crippen LogP contribution in [0.3, 0.4) is 0 Å². The predicted octanol–water partition coefficient (Wildman–Crippen LogP) is 5.14. The largest absolute Gasteiger partial charge is 0.147 e. The monoisotopic (exact) mass is 260 g/mol. The molecule has 0 nitrogen and oxygen atoms in total. The third-order valence-electron chi connectivity index (χ3n) is 3.38. The second-order valence-corrected chi connectivity index (χ2v) is 6.82. The zero-order valence-corrected chi connectivity index (χ0v) is 11.8. The quantitative estimate of drug-likeness (QED) is 0.684. The zero-order valence-electron chi connectivity index (χ0n) is 10.1. The van der Waals surface area contributed by atoms with Gasteiger partial charge in [0.2, 0.25) is 0 Å². The van der Waals surface area contributed by atoms with Crippen LogP contribution in [0.25, 0.3) is 0 Å². The molecule has 2 heteroatoms. The summed E-state index contributed by atoms with van der Waals surface area (Å²) in [5.41, 5.74) is 3.05. The summed E-state index contributed by atoms with van der Waals surface area (Å²) in [7, 11) is 0. The molecule has 0 saturated carbocycles. The smallest absolute Gasteiger partial charge is 0.0259 e. The van der Waals surface area contributed by atoms with E-state index in [0.717, 1.165) is 5.75 Å². The minimum absolute atomic E-state index is 0.580. The van der Waals surface area contributed by atoms with Crippen LogP contribution in [0.15, 0.2) is 40.6 Å². The van der Waals surface area contributed by atoms with Gasteiger partial charge in [0.05, 0.1) is 0 Å². The minimum atomic E-state index is 0.580. The van der Waals surface area contributed by atoms with Gasteiger partial charge in [0.25, 0.3) is 0 Å². The van der Waals surface area contributed by atoms with E-state index in [1.165, 1.54) is 16.0 Å². The fourth-order valence-corrected chi connectivity index (χ4v) is 5.08. The van der Waals surface area contributed by atoms with Crippen molar-refractivity contribution in [1.82, 2.24) is 0 Å². The summed E-state index contributed by atoms with van der Waals surface area (Å²) in [6.07, 6.45) is 0. The van der Waals surface area contributed by atoms with E-state index in [2.05, 4.69) is 49.6 Å². The summed E-state index contributed by atoms with van der Waals surface area (Å²) in [6, 6.07) is 11.2. The van der Waals surface area contributed by atoms with Gasteiger partial charge >= 0.3 is 0 Å². The SMILES string of the molecule is CC(C)C1c2ccccc2CSc2ccsc21. The fraction of sp³-hybridized carbons (Fsp3) is 0.333. The first-order valence-electron chi connectivity index (χ1n) is 6.05. The number of rotatable bonds is 1. The summed E-state index contributed by atoms with van der Waals surface area (Å²) in [5, 5.41) is 2.24. The number of thiophene rings is 1. The van der Waals surface area contributed by atoms with Gasteiger partial charge in [-0.25, -0.2) is 0 Å². The molecule has 0 aliphatic carbocycles. The van der Waals surface area contributed by atoms with Crippen molar-refractivity contribution in [3.63, 3.8) is 0 Å². The topological polar surface area (TPSA) is 0 Å². The van der Waals surface area contributed by atoms with Gasteiger partial charge in [-0.1, -0.05) is 38.1 Å². The van der Waals surface area contributed by atoms with Gasteiger partial charge in [-0.2, -0.15) is 0 Å². The maximum atomic E-state index is 2.33. The van der Waals surface area contributed by atoms with Crippen LogP contribution in [0.1, 0.15) is 35.8 Å². The normalized spacial score (nSPS) is 18.6. The molecule has 88 valence electrons. The Balaban J connectivity index is 2.19. The summed E-state index contributed by atoms with van der Waals surface area (Å²) < 4.78 is 0. The van der Waals surface area contributed by atoms with Gasteiger partial charge < -0.3 is 0 Å². The number of thioether (sulfide) groups is 1. The molecule has 0 saturated heterocycles. The highest BCUT2D eigenvalue weighted by molar-refractivity contribution is 7.98. The van der Waals surface area contributed by atoms with E-state index in [1.54, 1.807) is 4.88 Å². The Morgan fingerprint density at radius 2 is 2.00 bits per heavy atom. The molecule has 1 aromatic carbocycles. The zero-order chi connectivity index (χ0) is 11.8. The van der Waals surface area contributed by atoms with Crippen LogP contribution in [-0.4, -0.2) is 0 Å². The Labute approximate surface area is 111 Å². The van der Waals surface area contributed by atoms with Crippen molar-refractivity contribution in [3.05, 3.63) is 51.7 Å². The van der Waals surface area contributed by atoms with E-state index in [4.69, 9.17) is 0 Å². The first-order chi connectivity index (χ1) is 8.27. The lowest BCUT2D eigenvalue weighted by Gasteiger charge is -2.21. The molecule has 3 rings (SSSR count). The lowest BCUT2D eigenvalue weighted by Crippen LogP contribution is -2.08. The molecule has 1 aliphatic heterocycles. The lowest BCUT2D eigenvalue weighted by molar-refractivity contribution is 0.564. The molecule has 0 radical (unpaired) electrons. The molecule has 2 heterocycles.